The molecule has 0 atom stereocenters. The number of fused-ring (bicyclic) bond motifs is 1. The third-order valence-electron chi connectivity index (χ3n) is 6.06. The van der Waals surface area contributed by atoms with Gasteiger partial charge in [-0.15, -0.1) is 0 Å². The van der Waals surface area contributed by atoms with Crippen molar-refractivity contribution in [2.75, 3.05) is 0 Å². The summed E-state index contributed by atoms with van der Waals surface area (Å²) in [5.74, 6) is -0.276. The molecule has 1 aromatic carbocycles. The van der Waals surface area contributed by atoms with Crippen molar-refractivity contribution >= 4 is 34.8 Å². The highest BCUT2D eigenvalue weighted by Gasteiger charge is 2.45. The maximum atomic E-state index is 12.8. The number of aromatic nitrogens is 4. The standard InChI is InChI=1S/C23H19Cl2N5O2/c24-17-5-2-1-4-16(17)23(8-3-9-23)20-19(25)21-28-15(12-18(31)30(21)29-20)13-27-22(32)14-6-10-26-11-7-14/h1-2,4-7,10-12,29H,3,8-9,13H2,(H,27,32). The number of nitrogens with one attached hydrogen (secondary N) is 2. The van der Waals surface area contributed by atoms with Crippen molar-refractivity contribution in [3.05, 3.63) is 97.8 Å². The van der Waals surface area contributed by atoms with Crippen molar-refractivity contribution in [1.29, 1.82) is 0 Å². The van der Waals surface area contributed by atoms with Gasteiger partial charge >= 0.3 is 0 Å². The van der Waals surface area contributed by atoms with Crippen LogP contribution in [0.5, 0.6) is 0 Å². The van der Waals surface area contributed by atoms with E-state index >= 15 is 0 Å². The fourth-order valence-electron chi connectivity index (χ4n) is 4.28. The zero-order chi connectivity index (χ0) is 22.3. The summed E-state index contributed by atoms with van der Waals surface area (Å²) in [5, 5.41) is 7.01. The third kappa shape index (κ3) is 3.38. The van der Waals surface area contributed by atoms with Crippen LogP contribution in [0.1, 0.15) is 46.6 Å². The first kappa shape index (κ1) is 20.7. The molecule has 162 valence electrons. The minimum Gasteiger partial charge on any atom is -0.346 e. The molecule has 2 N–H and O–H groups in total. The molecule has 3 aromatic heterocycles. The number of hydrogen-bond acceptors (Lipinski definition) is 4. The highest BCUT2D eigenvalue weighted by Crippen LogP contribution is 2.52. The molecule has 5 rings (SSSR count). The molecule has 0 unspecified atom stereocenters. The molecule has 1 aliphatic carbocycles. The first-order chi connectivity index (χ1) is 15.5. The Morgan fingerprint density at radius 3 is 2.59 bits per heavy atom. The van der Waals surface area contributed by atoms with E-state index in [9.17, 15) is 9.59 Å². The number of hydrogen-bond donors (Lipinski definition) is 2. The number of carbonyl (C=O) groups excluding carboxylic acids is 1. The van der Waals surface area contributed by atoms with Gasteiger partial charge in [0.15, 0.2) is 5.65 Å². The van der Waals surface area contributed by atoms with Crippen LogP contribution in [0.3, 0.4) is 0 Å². The number of H-pyrrole nitrogens is 1. The van der Waals surface area contributed by atoms with E-state index in [1.807, 2.05) is 24.3 Å². The summed E-state index contributed by atoms with van der Waals surface area (Å²) in [6.45, 7) is 0.0966. The maximum absolute atomic E-state index is 12.8. The second-order valence-electron chi connectivity index (χ2n) is 7.88. The minimum atomic E-state index is -0.384. The Hall–Kier alpha value is -3.16. The number of benzene rings is 1. The molecule has 0 radical (unpaired) electrons. The third-order valence-corrected chi connectivity index (χ3v) is 6.75. The topological polar surface area (TPSA) is 92.2 Å². The average molecular weight is 468 g/mol. The lowest BCUT2D eigenvalue weighted by Crippen LogP contribution is -2.36. The summed E-state index contributed by atoms with van der Waals surface area (Å²) in [6.07, 6.45) is 5.86. The van der Waals surface area contributed by atoms with Gasteiger partial charge in [0.1, 0.15) is 5.02 Å². The van der Waals surface area contributed by atoms with Crippen LogP contribution in [-0.4, -0.2) is 25.5 Å². The Kier molecular flexibility index (Phi) is 5.23. The van der Waals surface area contributed by atoms with Gasteiger partial charge in [-0.05, 0) is 36.6 Å². The average Bonchev–Trinajstić information content (AvgIpc) is 3.11. The zero-order valence-corrected chi connectivity index (χ0v) is 18.5. The fraction of sp³-hybridized carbons (Fsp3) is 0.217. The molecular formula is C23H19Cl2N5O2. The molecule has 3 heterocycles. The Labute approximate surface area is 193 Å². The molecule has 0 aliphatic heterocycles. The lowest BCUT2D eigenvalue weighted by molar-refractivity contribution is 0.0950. The first-order valence-electron chi connectivity index (χ1n) is 10.2. The van der Waals surface area contributed by atoms with E-state index in [0.717, 1.165) is 30.5 Å². The van der Waals surface area contributed by atoms with Gasteiger partial charge in [-0.3, -0.25) is 19.7 Å². The summed E-state index contributed by atoms with van der Waals surface area (Å²) in [6, 6.07) is 12.3. The Morgan fingerprint density at radius 2 is 1.91 bits per heavy atom. The smallest absolute Gasteiger partial charge is 0.273 e. The van der Waals surface area contributed by atoms with Gasteiger partial charge in [0.05, 0.1) is 17.9 Å². The van der Waals surface area contributed by atoms with E-state index in [0.29, 0.717) is 26.9 Å². The van der Waals surface area contributed by atoms with E-state index in [1.165, 1.54) is 10.6 Å². The molecule has 1 fully saturated rings. The van der Waals surface area contributed by atoms with Crippen LogP contribution in [0.2, 0.25) is 10.0 Å². The van der Waals surface area contributed by atoms with Crippen molar-refractivity contribution < 1.29 is 4.79 Å². The fourth-order valence-corrected chi connectivity index (χ4v) is 4.94. The van der Waals surface area contributed by atoms with E-state index in [-0.39, 0.29) is 23.4 Å². The second kappa shape index (κ2) is 8.07. The molecule has 0 spiro atoms. The number of halogens is 2. The monoisotopic (exact) mass is 467 g/mol. The van der Waals surface area contributed by atoms with Crippen LogP contribution in [-0.2, 0) is 12.0 Å². The first-order valence-corrected chi connectivity index (χ1v) is 11.0. The zero-order valence-electron chi connectivity index (χ0n) is 16.9. The van der Waals surface area contributed by atoms with Crippen LogP contribution >= 0.6 is 23.2 Å². The van der Waals surface area contributed by atoms with Crippen LogP contribution in [0.15, 0.2) is 59.7 Å². The molecule has 1 amide bonds. The maximum Gasteiger partial charge on any atom is 0.273 e. The van der Waals surface area contributed by atoms with Gasteiger partial charge in [0, 0.05) is 34.5 Å². The van der Waals surface area contributed by atoms with Gasteiger partial charge < -0.3 is 5.32 Å². The van der Waals surface area contributed by atoms with Crippen molar-refractivity contribution in [2.24, 2.45) is 0 Å². The molecule has 4 aromatic rings. The largest absolute Gasteiger partial charge is 0.346 e. The van der Waals surface area contributed by atoms with Gasteiger partial charge in [0.2, 0.25) is 0 Å². The number of pyridine rings is 1. The summed E-state index contributed by atoms with van der Waals surface area (Å²) >= 11 is 13.3. The van der Waals surface area contributed by atoms with E-state index in [4.69, 9.17) is 23.2 Å². The quantitative estimate of drug-likeness (QED) is 0.461. The summed E-state index contributed by atoms with van der Waals surface area (Å²) in [4.78, 5) is 33.6. The van der Waals surface area contributed by atoms with E-state index in [2.05, 4.69) is 20.4 Å². The van der Waals surface area contributed by atoms with Crippen LogP contribution < -0.4 is 10.9 Å². The van der Waals surface area contributed by atoms with E-state index < -0.39 is 0 Å². The number of carbonyl (C=O) groups is 1. The second-order valence-corrected chi connectivity index (χ2v) is 8.66. The number of rotatable bonds is 5. The summed E-state index contributed by atoms with van der Waals surface area (Å²) in [7, 11) is 0. The molecule has 9 heteroatoms. The highest BCUT2D eigenvalue weighted by molar-refractivity contribution is 6.34. The van der Waals surface area contributed by atoms with Crippen molar-refractivity contribution in [1.82, 2.24) is 24.9 Å². The van der Waals surface area contributed by atoms with Gasteiger partial charge in [-0.1, -0.05) is 47.8 Å². The molecule has 1 aliphatic rings. The number of nitrogens with zero attached hydrogens (tertiary/aromatic N) is 3. The molecule has 7 nitrogen and oxygen atoms in total. The molecule has 32 heavy (non-hydrogen) atoms. The van der Waals surface area contributed by atoms with Crippen LogP contribution in [0, 0.1) is 0 Å². The number of aromatic amines is 1. The van der Waals surface area contributed by atoms with Crippen LogP contribution in [0.25, 0.3) is 5.65 Å². The Bertz CT molecular complexity index is 1380. The van der Waals surface area contributed by atoms with Gasteiger partial charge in [0.25, 0.3) is 11.5 Å². The van der Waals surface area contributed by atoms with Gasteiger partial charge in [-0.25, -0.2) is 4.98 Å². The molecule has 0 saturated heterocycles. The lowest BCUT2D eigenvalue weighted by Gasteiger charge is -2.42. The highest BCUT2D eigenvalue weighted by atomic mass is 35.5. The Morgan fingerprint density at radius 1 is 1.16 bits per heavy atom. The van der Waals surface area contributed by atoms with Crippen molar-refractivity contribution in [2.45, 2.75) is 31.2 Å². The predicted molar refractivity (Wildman–Crippen MR) is 122 cm³/mol. The van der Waals surface area contributed by atoms with Gasteiger partial charge in [-0.2, -0.15) is 4.52 Å². The summed E-state index contributed by atoms with van der Waals surface area (Å²) < 4.78 is 1.35. The number of amides is 1. The molecular weight excluding hydrogens is 449 g/mol. The van der Waals surface area contributed by atoms with E-state index in [1.54, 1.807) is 24.5 Å². The normalized spacial score (nSPS) is 14.8. The molecule has 1 saturated carbocycles. The van der Waals surface area contributed by atoms with Crippen LogP contribution in [0.4, 0.5) is 0 Å². The predicted octanol–water partition coefficient (Wildman–Crippen LogP) is 4.12. The summed E-state index contributed by atoms with van der Waals surface area (Å²) in [5.41, 5.74) is 2.27. The van der Waals surface area contributed by atoms with Crippen molar-refractivity contribution in [3.8, 4) is 0 Å². The lowest BCUT2D eigenvalue weighted by atomic mass is 9.62. The minimum absolute atomic E-state index is 0.0966. The van der Waals surface area contributed by atoms with Crippen molar-refractivity contribution in [3.63, 3.8) is 0 Å². The SMILES string of the molecule is O=C(NCc1cc(=O)n2[nH]c(C3(c4ccccc4Cl)CCC3)c(Cl)c2n1)c1ccncc1. The molecule has 0 bridgehead atoms. The Balaban J connectivity index is 1.51.